The van der Waals surface area contributed by atoms with Gasteiger partial charge < -0.3 is 5.32 Å². The summed E-state index contributed by atoms with van der Waals surface area (Å²) in [5.74, 6) is 0.332. The van der Waals surface area contributed by atoms with Crippen LogP contribution in [0, 0.1) is 5.92 Å². The van der Waals surface area contributed by atoms with Crippen molar-refractivity contribution in [2.45, 2.75) is 39.3 Å². The number of hydrogen-bond donors (Lipinski definition) is 1. The Hall–Kier alpha value is -0.900. The van der Waals surface area contributed by atoms with Crippen LogP contribution in [0.15, 0.2) is 0 Å². The van der Waals surface area contributed by atoms with Gasteiger partial charge in [-0.05, 0) is 19.9 Å². The number of nitrogens with one attached hydrogen (secondary N) is 1. The molecular formula is C11H20N2O2. The van der Waals surface area contributed by atoms with E-state index in [1.165, 1.54) is 6.92 Å². The highest BCUT2D eigenvalue weighted by atomic mass is 16.2. The highest BCUT2D eigenvalue weighted by Gasteiger charge is 2.36. The van der Waals surface area contributed by atoms with Crippen LogP contribution in [0.5, 0.6) is 0 Å². The summed E-state index contributed by atoms with van der Waals surface area (Å²) in [6.45, 7) is 6.27. The smallest absolute Gasteiger partial charge is 0.238 e. The summed E-state index contributed by atoms with van der Waals surface area (Å²) in [5, 5.41) is 2.78. The molecule has 1 aliphatic rings. The maximum Gasteiger partial charge on any atom is 0.238 e. The van der Waals surface area contributed by atoms with Crippen molar-refractivity contribution in [1.29, 1.82) is 0 Å². The molecule has 1 heterocycles. The molecular weight excluding hydrogens is 192 g/mol. The lowest BCUT2D eigenvalue weighted by molar-refractivity contribution is -0.136. The molecule has 86 valence electrons. The van der Waals surface area contributed by atoms with Crippen molar-refractivity contribution >= 4 is 11.7 Å². The zero-order chi connectivity index (χ0) is 11.6. The van der Waals surface area contributed by atoms with Crippen LogP contribution in [0.1, 0.15) is 27.2 Å². The van der Waals surface area contributed by atoms with Gasteiger partial charge in [0.1, 0.15) is 0 Å². The lowest BCUT2D eigenvalue weighted by atomic mass is 9.94. The first kappa shape index (κ1) is 12.2. The Labute approximate surface area is 91.0 Å². The fourth-order valence-corrected chi connectivity index (χ4v) is 2.05. The Morgan fingerprint density at radius 3 is 2.67 bits per heavy atom. The molecule has 3 atom stereocenters. The standard InChI is InChI=1S/C11H20N2O2/c1-5-7(2)10-11(15)12-9(8(3)14)6-13(10)4/h7,9-10H,5-6H2,1-4H3,(H,12,15)/t7?,9-,10+/m1/s1. The Kier molecular flexibility index (Phi) is 3.85. The van der Waals surface area contributed by atoms with E-state index < -0.39 is 0 Å². The van der Waals surface area contributed by atoms with E-state index in [0.29, 0.717) is 12.5 Å². The molecule has 0 saturated carbocycles. The lowest BCUT2D eigenvalue weighted by Crippen LogP contribution is -2.62. The number of likely N-dealkylation sites (N-methyl/N-ethyl adjacent to an activating group) is 1. The molecule has 15 heavy (non-hydrogen) atoms. The molecule has 1 N–H and O–H groups in total. The number of rotatable bonds is 3. The van der Waals surface area contributed by atoms with Crippen LogP contribution in [0.3, 0.4) is 0 Å². The van der Waals surface area contributed by atoms with Gasteiger partial charge in [-0.25, -0.2) is 0 Å². The molecule has 4 nitrogen and oxygen atoms in total. The number of carbonyl (C=O) groups is 2. The number of nitrogens with zero attached hydrogens (tertiary/aromatic N) is 1. The second kappa shape index (κ2) is 4.75. The van der Waals surface area contributed by atoms with Crippen LogP contribution < -0.4 is 5.32 Å². The van der Waals surface area contributed by atoms with E-state index in [4.69, 9.17) is 0 Å². The molecule has 1 aliphatic heterocycles. The summed E-state index contributed by atoms with van der Waals surface area (Å²) >= 11 is 0. The van der Waals surface area contributed by atoms with E-state index in [0.717, 1.165) is 6.42 Å². The fourth-order valence-electron chi connectivity index (χ4n) is 2.05. The topological polar surface area (TPSA) is 49.4 Å². The van der Waals surface area contributed by atoms with E-state index in [9.17, 15) is 9.59 Å². The van der Waals surface area contributed by atoms with E-state index in [-0.39, 0.29) is 23.8 Å². The van der Waals surface area contributed by atoms with Crippen molar-refractivity contribution in [1.82, 2.24) is 10.2 Å². The van der Waals surface area contributed by atoms with E-state index in [1.807, 2.05) is 11.9 Å². The molecule has 4 heteroatoms. The van der Waals surface area contributed by atoms with E-state index in [2.05, 4.69) is 19.2 Å². The highest BCUT2D eigenvalue weighted by Crippen LogP contribution is 2.17. The number of amides is 1. The van der Waals surface area contributed by atoms with Gasteiger partial charge in [0.15, 0.2) is 5.78 Å². The largest absolute Gasteiger partial charge is 0.344 e. The van der Waals surface area contributed by atoms with Gasteiger partial charge in [-0.1, -0.05) is 20.3 Å². The molecule has 0 spiro atoms. The molecule has 1 fully saturated rings. The van der Waals surface area contributed by atoms with Crippen LogP contribution in [0.2, 0.25) is 0 Å². The minimum atomic E-state index is -0.331. The minimum absolute atomic E-state index is 0.0155. The lowest BCUT2D eigenvalue weighted by Gasteiger charge is -2.38. The van der Waals surface area contributed by atoms with Gasteiger partial charge >= 0.3 is 0 Å². The van der Waals surface area contributed by atoms with Crippen molar-refractivity contribution in [2.75, 3.05) is 13.6 Å². The average Bonchev–Trinajstić information content (AvgIpc) is 2.16. The number of ketones is 1. The predicted octanol–water partition coefficient (Wildman–Crippen LogP) is 0.420. The third-order valence-corrected chi connectivity index (χ3v) is 3.20. The van der Waals surface area contributed by atoms with Crippen LogP contribution in [-0.4, -0.2) is 42.3 Å². The third kappa shape index (κ3) is 2.56. The zero-order valence-electron chi connectivity index (χ0n) is 9.91. The van der Waals surface area contributed by atoms with Gasteiger partial charge in [0.05, 0.1) is 12.1 Å². The third-order valence-electron chi connectivity index (χ3n) is 3.20. The summed E-state index contributed by atoms with van der Waals surface area (Å²) < 4.78 is 0. The summed E-state index contributed by atoms with van der Waals surface area (Å²) in [4.78, 5) is 25.0. The summed E-state index contributed by atoms with van der Waals surface area (Å²) in [7, 11) is 1.91. The first-order valence-corrected chi connectivity index (χ1v) is 5.48. The first-order chi connectivity index (χ1) is 6.97. The quantitative estimate of drug-likeness (QED) is 0.737. The Morgan fingerprint density at radius 2 is 2.27 bits per heavy atom. The molecule has 1 rings (SSSR count). The minimum Gasteiger partial charge on any atom is -0.344 e. The fraction of sp³-hybridized carbons (Fsp3) is 0.818. The number of Topliss-reactive ketones (excluding diaryl/α,β-unsaturated/α-hetero) is 1. The van der Waals surface area contributed by atoms with Crippen molar-refractivity contribution in [3.63, 3.8) is 0 Å². The van der Waals surface area contributed by atoms with Crippen LogP contribution in [-0.2, 0) is 9.59 Å². The van der Waals surface area contributed by atoms with Gasteiger partial charge in [-0.15, -0.1) is 0 Å². The number of hydrogen-bond acceptors (Lipinski definition) is 3. The van der Waals surface area contributed by atoms with E-state index >= 15 is 0 Å². The monoisotopic (exact) mass is 212 g/mol. The van der Waals surface area contributed by atoms with Gasteiger partial charge in [-0.3, -0.25) is 14.5 Å². The molecule has 0 aromatic rings. The van der Waals surface area contributed by atoms with Gasteiger partial charge in [-0.2, -0.15) is 0 Å². The van der Waals surface area contributed by atoms with Crippen LogP contribution in [0.25, 0.3) is 0 Å². The Morgan fingerprint density at radius 1 is 1.67 bits per heavy atom. The molecule has 0 bridgehead atoms. The van der Waals surface area contributed by atoms with Crippen molar-refractivity contribution in [2.24, 2.45) is 5.92 Å². The summed E-state index contributed by atoms with van der Waals surface area (Å²) in [6.07, 6.45) is 0.965. The zero-order valence-corrected chi connectivity index (χ0v) is 9.91. The van der Waals surface area contributed by atoms with Crippen molar-refractivity contribution in [3.8, 4) is 0 Å². The number of carbonyl (C=O) groups excluding carboxylic acids is 2. The SMILES string of the molecule is CCC(C)[C@H]1C(=O)N[C@@H](C(C)=O)CN1C. The second-order valence-corrected chi connectivity index (χ2v) is 4.44. The Balaban J connectivity index is 2.73. The second-order valence-electron chi connectivity index (χ2n) is 4.44. The first-order valence-electron chi connectivity index (χ1n) is 5.48. The molecule has 1 saturated heterocycles. The average molecular weight is 212 g/mol. The molecule has 0 aromatic carbocycles. The van der Waals surface area contributed by atoms with E-state index in [1.54, 1.807) is 0 Å². The maximum absolute atomic E-state index is 11.8. The van der Waals surface area contributed by atoms with Crippen LogP contribution >= 0.6 is 0 Å². The molecule has 1 unspecified atom stereocenters. The van der Waals surface area contributed by atoms with Gasteiger partial charge in [0, 0.05) is 6.54 Å². The van der Waals surface area contributed by atoms with Gasteiger partial charge in [0.2, 0.25) is 5.91 Å². The molecule has 0 radical (unpaired) electrons. The summed E-state index contributed by atoms with van der Waals surface area (Å²) in [6, 6.07) is -0.423. The number of piperazine rings is 1. The van der Waals surface area contributed by atoms with Crippen molar-refractivity contribution in [3.05, 3.63) is 0 Å². The molecule has 0 aromatic heterocycles. The Bertz CT molecular complexity index is 265. The highest BCUT2D eigenvalue weighted by molar-refractivity contribution is 5.91. The normalized spacial score (nSPS) is 29.7. The van der Waals surface area contributed by atoms with Crippen molar-refractivity contribution < 1.29 is 9.59 Å². The summed E-state index contributed by atoms with van der Waals surface area (Å²) in [5.41, 5.74) is 0. The van der Waals surface area contributed by atoms with Crippen LogP contribution in [0.4, 0.5) is 0 Å². The predicted molar refractivity (Wildman–Crippen MR) is 58.5 cm³/mol. The maximum atomic E-state index is 11.8. The molecule has 0 aliphatic carbocycles. The molecule has 1 amide bonds. The van der Waals surface area contributed by atoms with Gasteiger partial charge in [0.25, 0.3) is 0 Å².